The van der Waals surface area contributed by atoms with Crippen LogP contribution < -0.4 is 0 Å². The molecular weight excluding hydrogens is 332 g/mol. The van der Waals surface area contributed by atoms with E-state index in [0.717, 1.165) is 47.1 Å². The van der Waals surface area contributed by atoms with Crippen molar-refractivity contribution in [3.8, 4) is 0 Å². The summed E-state index contributed by atoms with van der Waals surface area (Å²) in [7, 11) is 0. The van der Waals surface area contributed by atoms with E-state index < -0.39 is 0 Å². The van der Waals surface area contributed by atoms with Crippen LogP contribution in [0.25, 0.3) is 10.1 Å². The minimum absolute atomic E-state index is 0.0563. The third kappa shape index (κ3) is 2.62. The predicted molar refractivity (Wildman–Crippen MR) is 97.7 cm³/mol. The van der Waals surface area contributed by atoms with Gasteiger partial charge in [-0.3, -0.25) is 4.79 Å². The van der Waals surface area contributed by atoms with Gasteiger partial charge in [-0.25, -0.2) is 4.79 Å². The molecule has 0 atom stereocenters. The first-order valence-corrected chi connectivity index (χ1v) is 10.1. The van der Waals surface area contributed by atoms with Gasteiger partial charge < -0.3 is 4.74 Å². The molecular formula is C21H22O3S. The number of ketones is 1. The van der Waals surface area contributed by atoms with Crippen LogP contribution >= 0.6 is 11.3 Å². The Morgan fingerprint density at radius 3 is 2.32 bits per heavy atom. The zero-order valence-electron chi connectivity index (χ0n) is 14.2. The second kappa shape index (κ2) is 5.66. The fourth-order valence-corrected chi connectivity index (χ4v) is 6.85. The summed E-state index contributed by atoms with van der Waals surface area (Å²) in [6.45, 7) is -0.0563. The fraction of sp³-hybridized carbons (Fsp3) is 0.524. The zero-order chi connectivity index (χ0) is 17.0. The topological polar surface area (TPSA) is 43.4 Å². The highest BCUT2D eigenvalue weighted by Gasteiger charge is 2.54. The Labute approximate surface area is 151 Å². The minimum Gasteiger partial charge on any atom is -0.453 e. The van der Waals surface area contributed by atoms with E-state index in [4.69, 9.17) is 4.74 Å². The molecule has 4 bridgehead atoms. The largest absolute Gasteiger partial charge is 0.453 e. The number of ether oxygens (including phenoxy) is 1. The second-order valence-electron chi connectivity index (χ2n) is 8.35. The molecule has 1 aromatic heterocycles. The molecule has 3 nitrogen and oxygen atoms in total. The van der Waals surface area contributed by atoms with Gasteiger partial charge in [0.15, 0.2) is 12.4 Å². The summed E-state index contributed by atoms with van der Waals surface area (Å²) in [6, 6.07) is 9.77. The van der Waals surface area contributed by atoms with Gasteiger partial charge in [-0.2, -0.15) is 0 Å². The van der Waals surface area contributed by atoms with Gasteiger partial charge in [0.05, 0.1) is 0 Å². The second-order valence-corrected chi connectivity index (χ2v) is 9.43. The van der Waals surface area contributed by atoms with Crippen molar-refractivity contribution in [3.63, 3.8) is 0 Å². The molecule has 4 aliphatic rings. The number of esters is 1. The van der Waals surface area contributed by atoms with Crippen molar-refractivity contribution in [1.29, 1.82) is 0 Å². The van der Waals surface area contributed by atoms with E-state index in [2.05, 4.69) is 0 Å². The van der Waals surface area contributed by atoms with Gasteiger partial charge in [0.1, 0.15) is 4.88 Å². The summed E-state index contributed by atoms with van der Waals surface area (Å²) in [5.74, 6) is 2.00. The maximum absolute atomic E-state index is 12.9. The van der Waals surface area contributed by atoms with Gasteiger partial charge in [-0.15, -0.1) is 11.3 Å². The van der Waals surface area contributed by atoms with Crippen LogP contribution in [0.2, 0.25) is 0 Å². The van der Waals surface area contributed by atoms with E-state index in [1.54, 1.807) is 0 Å². The molecule has 0 aliphatic heterocycles. The quantitative estimate of drug-likeness (QED) is 0.738. The zero-order valence-corrected chi connectivity index (χ0v) is 15.0. The first kappa shape index (κ1) is 15.6. The Morgan fingerprint density at radius 1 is 1.04 bits per heavy atom. The molecule has 1 heterocycles. The van der Waals surface area contributed by atoms with Crippen molar-refractivity contribution in [2.24, 2.45) is 23.2 Å². The van der Waals surface area contributed by atoms with Crippen LogP contribution in [0.5, 0.6) is 0 Å². The van der Waals surface area contributed by atoms with Gasteiger partial charge in [0, 0.05) is 10.1 Å². The maximum Gasteiger partial charge on any atom is 0.348 e. The average molecular weight is 354 g/mol. The molecule has 130 valence electrons. The number of carbonyl (C=O) groups excluding carboxylic acids is 2. The number of carbonyl (C=O) groups is 2. The molecule has 6 rings (SSSR count). The van der Waals surface area contributed by atoms with Gasteiger partial charge in [-0.1, -0.05) is 18.2 Å². The van der Waals surface area contributed by atoms with E-state index in [9.17, 15) is 9.59 Å². The summed E-state index contributed by atoms with van der Waals surface area (Å²) in [4.78, 5) is 25.9. The van der Waals surface area contributed by atoms with Crippen molar-refractivity contribution in [3.05, 3.63) is 35.2 Å². The van der Waals surface area contributed by atoms with E-state index in [1.807, 2.05) is 30.3 Å². The lowest BCUT2D eigenvalue weighted by Crippen LogP contribution is -2.51. The Morgan fingerprint density at radius 2 is 1.68 bits per heavy atom. The molecule has 4 saturated carbocycles. The minimum atomic E-state index is -0.362. The van der Waals surface area contributed by atoms with Gasteiger partial charge in [0.2, 0.25) is 0 Å². The Kier molecular flexibility index (Phi) is 3.53. The molecule has 0 radical (unpaired) electrons. The molecule has 4 heteroatoms. The highest BCUT2D eigenvalue weighted by Crippen LogP contribution is 2.60. The van der Waals surface area contributed by atoms with Crippen LogP contribution in [0.1, 0.15) is 48.2 Å². The summed E-state index contributed by atoms with van der Waals surface area (Å²) in [5, 5.41) is 1.05. The van der Waals surface area contributed by atoms with Gasteiger partial charge in [0.25, 0.3) is 0 Å². The number of rotatable bonds is 4. The summed E-state index contributed by atoms with van der Waals surface area (Å²) < 4.78 is 6.50. The molecule has 25 heavy (non-hydrogen) atoms. The van der Waals surface area contributed by atoms with E-state index in [0.29, 0.717) is 4.88 Å². The van der Waals surface area contributed by atoms with Crippen molar-refractivity contribution in [1.82, 2.24) is 0 Å². The smallest absolute Gasteiger partial charge is 0.348 e. The molecule has 0 amide bonds. The molecule has 4 aliphatic carbocycles. The standard InChI is InChI=1S/C21H22O3S/c22-19(21-9-13-5-14(10-21)7-15(6-13)11-21)12-24-20(23)18-8-16-3-1-2-4-17(16)25-18/h1-4,8,13-15H,5-7,9-12H2. The van der Waals surface area contributed by atoms with Gasteiger partial charge >= 0.3 is 5.97 Å². The summed E-state index contributed by atoms with van der Waals surface area (Å²) >= 11 is 1.43. The Balaban J connectivity index is 1.28. The number of hydrogen-bond acceptors (Lipinski definition) is 4. The molecule has 0 N–H and O–H groups in total. The molecule has 2 aromatic rings. The first-order chi connectivity index (χ1) is 12.1. The summed E-state index contributed by atoms with van der Waals surface area (Å²) in [6.07, 6.45) is 7.02. The third-order valence-electron chi connectivity index (χ3n) is 6.59. The maximum atomic E-state index is 12.9. The number of hydrogen-bond donors (Lipinski definition) is 0. The molecule has 0 spiro atoms. The number of benzene rings is 1. The molecule has 0 saturated heterocycles. The SMILES string of the molecule is O=C(OCC(=O)C12CC3CC(CC(C3)C1)C2)c1cc2ccccc2s1. The third-order valence-corrected chi connectivity index (χ3v) is 7.69. The van der Waals surface area contributed by atoms with Crippen molar-refractivity contribution in [2.45, 2.75) is 38.5 Å². The van der Waals surface area contributed by atoms with E-state index in [1.165, 1.54) is 30.6 Å². The average Bonchev–Trinajstić information content (AvgIpc) is 3.02. The predicted octanol–water partition coefficient (Wildman–Crippen LogP) is 4.84. The first-order valence-electron chi connectivity index (χ1n) is 9.30. The van der Waals surface area contributed by atoms with Crippen molar-refractivity contribution >= 4 is 33.2 Å². The van der Waals surface area contributed by atoms with Crippen LogP contribution in [0.15, 0.2) is 30.3 Å². The molecule has 4 fully saturated rings. The van der Waals surface area contributed by atoms with Crippen LogP contribution in [0.3, 0.4) is 0 Å². The number of Topliss-reactive ketones (excluding diaryl/α,β-unsaturated/α-hetero) is 1. The monoisotopic (exact) mass is 354 g/mol. The Hall–Kier alpha value is -1.68. The highest BCUT2D eigenvalue weighted by atomic mass is 32.1. The molecule has 0 unspecified atom stereocenters. The normalized spacial score (nSPS) is 32.9. The molecule has 1 aromatic carbocycles. The Bertz CT molecular complexity index is 781. The van der Waals surface area contributed by atoms with E-state index in [-0.39, 0.29) is 23.8 Å². The van der Waals surface area contributed by atoms with Crippen LogP contribution in [-0.2, 0) is 9.53 Å². The van der Waals surface area contributed by atoms with Gasteiger partial charge in [-0.05, 0) is 73.8 Å². The lowest BCUT2D eigenvalue weighted by Gasteiger charge is -2.55. The van der Waals surface area contributed by atoms with E-state index >= 15 is 0 Å². The van der Waals surface area contributed by atoms with Crippen LogP contribution in [-0.4, -0.2) is 18.4 Å². The van der Waals surface area contributed by atoms with Crippen molar-refractivity contribution in [2.75, 3.05) is 6.61 Å². The highest BCUT2D eigenvalue weighted by molar-refractivity contribution is 7.20. The van der Waals surface area contributed by atoms with Crippen LogP contribution in [0, 0.1) is 23.2 Å². The lowest BCUT2D eigenvalue weighted by molar-refractivity contribution is -0.147. The fourth-order valence-electron chi connectivity index (χ4n) is 5.89. The van der Waals surface area contributed by atoms with Crippen molar-refractivity contribution < 1.29 is 14.3 Å². The van der Waals surface area contributed by atoms with Crippen LogP contribution in [0.4, 0.5) is 0 Å². The lowest BCUT2D eigenvalue weighted by atomic mass is 9.48. The number of thiophene rings is 1. The number of fused-ring (bicyclic) bond motifs is 1. The summed E-state index contributed by atoms with van der Waals surface area (Å²) in [5.41, 5.74) is -0.185.